The molecule has 2 aromatic rings. The third-order valence-corrected chi connectivity index (χ3v) is 3.95. The highest BCUT2D eigenvalue weighted by Gasteiger charge is 2.25. The van der Waals surface area contributed by atoms with Gasteiger partial charge in [-0.2, -0.15) is 8.78 Å². The van der Waals surface area contributed by atoms with Crippen LogP contribution < -0.4 is 18.9 Å². The predicted octanol–water partition coefficient (Wildman–Crippen LogP) is 3.66. The fraction of sp³-hybridized carbons (Fsp3) is 0.200. The van der Waals surface area contributed by atoms with E-state index in [-0.39, 0.29) is 17.3 Å². The van der Waals surface area contributed by atoms with E-state index in [1.54, 1.807) is 18.2 Å². The fourth-order valence-electron chi connectivity index (χ4n) is 2.65. The number of aliphatic imine (C=N–C) groups is 1. The van der Waals surface area contributed by atoms with Gasteiger partial charge >= 0.3 is 12.6 Å². The number of halogens is 2. The monoisotopic (exact) mass is 405 g/mol. The Morgan fingerprint density at radius 1 is 1.00 bits per heavy atom. The molecule has 3 rings (SSSR count). The first-order valence-electron chi connectivity index (χ1n) is 8.33. The Hall–Kier alpha value is -3.62. The lowest BCUT2D eigenvalue weighted by atomic mass is 10.1. The first-order chi connectivity index (χ1) is 13.9. The maximum Gasteiger partial charge on any atom is 0.387 e. The summed E-state index contributed by atoms with van der Waals surface area (Å²) in [4.78, 5) is 16.4. The number of alkyl halides is 2. The van der Waals surface area contributed by atoms with Gasteiger partial charge in [0.15, 0.2) is 17.2 Å². The molecule has 0 amide bonds. The summed E-state index contributed by atoms with van der Waals surface area (Å²) in [5.74, 6) is 0.527. The molecule has 9 heteroatoms. The minimum absolute atomic E-state index is 0.00528. The Bertz CT molecular complexity index is 987. The molecule has 0 radical (unpaired) electrons. The second-order valence-corrected chi connectivity index (χ2v) is 5.69. The average molecular weight is 405 g/mol. The smallest absolute Gasteiger partial charge is 0.387 e. The van der Waals surface area contributed by atoms with Gasteiger partial charge in [0.25, 0.3) is 0 Å². The molecule has 0 bridgehead atoms. The molecule has 1 aliphatic heterocycles. The van der Waals surface area contributed by atoms with Gasteiger partial charge < -0.3 is 23.7 Å². The Labute approximate surface area is 165 Å². The molecule has 7 nitrogen and oxygen atoms in total. The van der Waals surface area contributed by atoms with Crippen LogP contribution in [-0.4, -0.2) is 39.8 Å². The number of rotatable bonds is 7. The summed E-state index contributed by atoms with van der Waals surface area (Å²) in [6.45, 7) is -2.97. The fourth-order valence-corrected chi connectivity index (χ4v) is 2.65. The Morgan fingerprint density at radius 2 is 1.69 bits per heavy atom. The number of carbonyl (C=O) groups is 1. The van der Waals surface area contributed by atoms with Gasteiger partial charge in [0, 0.05) is 17.2 Å². The van der Waals surface area contributed by atoms with Gasteiger partial charge in [-0.1, -0.05) is 6.07 Å². The molecule has 0 atom stereocenters. The van der Waals surface area contributed by atoms with Crippen molar-refractivity contribution in [2.45, 2.75) is 6.61 Å². The number of methoxy groups -OCH3 is 3. The molecular formula is C20H17F2NO6. The lowest BCUT2D eigenvalue weighted by molar-refractivity contribution is -0.129. The number of hydrogen-bond donors (Lipinski definition) is 0. The number of benzene rings is 2. The van der Waals surface area contributed by atoms with E-state index in [0.717, 1.165) is 0 Å². The molecule has 29 heavy (non-hydrogen) atoms. The molecule has 0 N–H and O–H groups in total. The predicted molar refractivity (Wildman–Crippen MR) is 99.8 cm³/mol. The lowest BCUT2D eigenvalue weighted by Gasteiger charge is -2.12. The SMILES string of the molecule is COc1cc(OC)c(OC)cc1/C=C1\N=C(c2cccc(OC(F)F)c2)OC1=O. The minimum atomic E-state index is -2.97. The van der Waals surface area contributed by atoms with Crippen molar-refractivity contribution in [1.29, 1.82) is 0 Å². The molecule has 0 aromatic heterocycles. The van der Waals surface area contributed by atoms with Crippen LogP contribution in [0, 0.1) is 0 Å². The van der Waals surface area contributed by atoms with E-state index in [0.29, 0.717) is 28.4 Å². The minimum Gasteiger partial charge on any atom is -0.496 e. The summed E-state index contributed by atoms with van der Waals surface area (Å²) in [5, 5.41) is 0. The van der Waals surface area contributed by atoms with Crippen molar-refractivity contribution in [1.82, 2.24) is 0 Å². The number of nitrogens with zero attached hydrogens (tertiary/aromatic N) is 1. The van der Waals surface area contributed by atoms with Crippen LogP contribution in [-0.2, 0) is 9.53 Å². The van der Waals surface area contributed by atoms with Crippen molar-refractivity contribution < 1.29 is 37.3 Å². The molecular weight excluding hydrogens is 388 g/mol. The van der Waals surface area contributed by atoms with Crippen LogP contribution in [0.15, 0.2) is 47.1 Å². The first kappa shape index (κ1) is 20.1. The van der Waals surface area contributed by atoms with Crippen LogP contribution in [0.2, 0.25) is 0 Å². The van der Waals surface area contributed by atoms with Crippen LogP contribution in [0.1, 0.15) is 11.1 Å². The number of esters is 1. The van der Waals surface area contributed by atoms with Crippen molar-refractivity contribution in [3.05, 3.63) is 53.2 Å². The molecule has 0 aliphatic carbocycles. The molecule has 0 unspecified atom stereocenters. The van der Waals surface area contributed by atoms with Gasteiger partial charge in [-0.3, -0.25) is 0 Å². The van der Waals surface area contributed by atoms with Crippen molar-refractivity contribution in [2.75, 3.05) is 21.3 Å². The van der Waals surface area contributed by atoms with E-state index in [4.69, 9.17) is 18.9 Å². The summed E-state index contributed by atoms with van der Waals surface area (Å²) < 4.78 is 50.2. The average Bonchev–Trinajstić information content (AvgIpc) is 3.07. The summed E-state index contributed by atoms with van der Waals surface area (Å²) in [5.41, 5.74) is 0.835. The van der Waals surface area contributed by atoms with Gasteiger partial charge in [-0.15, -0.1) is 0 Å². The topological polar surface area (TPSA) is 75.6 Å². The Balaban J connectivity index is 1.97. The molecule has 152 valence electrons. The number of hydrogen-bond acceptors (Lipinski definition) is 7. The maximum absolute atomic E-state index is 12.4. The van der Waals surface area contributed by atoms with Gasteiger partial charge in [0.05, 0.1) is 21.3 Å². The van der Waals surface area contributed by atoms with Crippen molar-refractivity contribution >= 4 is 17.9 Å². The molecule has 0 saturated heterocycles. The van der Waals surface area contributed by atoms with Gasteiger partial charge in [-0.05, 0) is 30.3 Å². The van der Waals surface area contributed by atoms with Crippen LogP contribution in [0.4, 0.5) is 8.78 Å². The van der Waals surface area contributed by atoms with Crippen molar-refractivity contribution in [3.8, 4) is 23.0 Å². The van der Waals surface area contributed by atoms with Gasteiger partial charge in [0.1, 0.15) is 11.5 Å². The zero-order valence-corrected chi connectivity index (χ0v) is 15.8. The van der Waals surface area contributed by atoms with Crippen LogP contribution in [0.25, 0.3) is 6.08 Å². The van der Waals surface area contributed by atoms with E-state index >= 15 is 0 Å². The zero-order chi connectivity index (χ0) is 21.0. The molecule has 0 fully saturated rings. The number of carbonyl (C=O) groups excluding carboxylic acids is 1. The number of cyclic esters (lactones) is 1. The van der Waals surface area contributed by atoms with Crippen molar-refractivity contribution in [3.63, 3.8) is 0 Å². The Morgan fingerprint density at radius 3 is 2.34 bits per heavy atom. The number of ether oxygens (including phenoxy) is 5. The van der Waals surface area contributed by atoms with Crippen LogP contribution in [0.3, 0.4) is 0 Å². The first-order valence-corrected chi connectivity index (χ1v) is 8.33. The van der Waals surface area contributed by atoms with Crippen LogP contribution >= 0.6 is 0 Å². The van der Waals surface area contributed by atoms with Gasteiger partial charge in [-0.25, -0.2) is 9.79 Å². The largest absolute Gasteiger partial charge is 0.496 e. The highest BCUT2D eigenvalue weighted by molar-refractivity contribution is 6.13. The second kappa shape index (κ2) is 8.59. The molecule has 0 spiro atoms. The molecule has 2 aromatic carbocycles. The quantitative estimate of drug-likeness (QED) is 0.517. The lowest BCUT2D eigenvalue weighted by Crippen LogP contribution is -2.07. The molecule has 1 aliphatic rings. The van der Waals surface area contributed by atoms with E-state index in [9.17, 15) is 13.6 Å². The summed E-state index contributed by atoms with van der Waals surface area (Å²) in [6.07, 6.45) is 1.47. The summed E-state index contributed by atoms with van der Waals surface area (Å²) >= 11 is 0. The third kappa shape index (κ3) is 4.45. The third-order valence-electron chi connectivity index (χ3n) is 3.95. The highest BCUT2D eigenvalue weighted by Crippen LogP contribution is 2.36. The van der Waals surface area contributed by atoms with E-state index < -0.39 is 12.6 Å². The van der Waals surface area contributed by atoms with E-state index in [1.807, 2.05) is 0 Å². The van der Waals surface area contributed by atoms with Gasteiger partial charge in [0.2, 0.25) is 5.90 Å². The van der Waals surface area contributed by atoms with Crippen molar-refractivity contribution in [2.24, 2.45) is 4.99 Å². The summed E-state index contributed by atoms with van der Waals surface area (Å²) in [7, 11) is 4.45. The molecule has 1 heterocycles. The normalized spacial score (nSPS) is 14.6. The second-order valence-electron chi connectivity index (χ2n) is 5.69. The Kier molecular flexibility index (Phi) is 5.96. The summed E-state index contributed by atoms with van der Waals surface area (Å²) in [6, 6.07) is 8.95. The van der Waals surface area contributed by atoms with Crippen LogP contribution in [0.5, 0.6) is 23.0 Å². The van der Waals surface area contributed by atoms with E-state index in [2.05, 4.69) is 9.73 Å². The maximum atomic E-state index is 12.4. The zero-order valence-electron chi connectivity index (χ0n) is 15.8. The molecule has 0 saturated carbocycles. The highest BCUT2D eigenvalue weighted by atomic mass is 19.3. The standard InChI is InChI=1S/C20H17F2NO6/c1-25-15-10-17(27-3)16(26-2)9-12(15)8-14-19(24)29-18(23-14)11-5-4-6-13(7-11)28-20(21)22/h4-10,20H,1-3H3/b14-8-. The van der Waals surface area contributed by atoms with E-state index in [1.165, 1.54) is 45.6 Å².